The molecule has 0 fully saturated rings. The first-order valence-electron chi connectivity index (χ1n) is 15.1. The molecule has 0 unspecified atom stereocenters. The molecule has 0 N–H and O–H groups in total. The molecular weight excluding hydrogens is 460 g/mol. The van der Waals surface area contributed by atoms with Crippen molar-refractivity contribution in [3.8, 4) is 0 Å². The van der Waals surface area contributed by atoms with E-state index < -0.39 is 0 Å². The highest BCUT2D eigenvalue weighted by molar-refractivity contribution is 5.87. The van der Waals surface area contributed by atoms with Gasteiger partial charge in [-0.25, -0.2) is 4.58 Å². The highest BCUT2D eigenvalue weighted by Crippen LogP contribution is 2.48. The third kappa shape index (κ3) is 3.09. The van der Waals surface area contributed by atoms with Gasteiger partial charge in [0.1, 0.15) is 13.1 Å². The molecule has 0 atom stereocenters. The second-order valence-corrected chi connectivity index (χ2v) is 13.9. The standard InChI is InChI=1S/C36H41N2/c1-35(2)14-18-37-16-8-12-24-26-20-27-25-13-9-17-38-19-15-36(3,4)31(34(25)38)22-29(27)32(23-10-6-5-7-11-23)28(26)21-30(35)33(24)37/h5-7,10-11,21-22H,8-9,12-20H2,1-4H3/q+1. The van der Waals surface area contributed by atoms with Gasteiger partial charge in [-0.2, -0.15) is 0 Å². The Morgan fingerprint density at radius 3 is 2.37 bits per heavy atom. The molecule has 0 bridgehead atoms. The molecule has 38 heavy (non-hydrogen) atoms. The SMILES string of the molecule is CC1(C)CCN2CCCc3c4c(cc1c32)C(c1ccccc1)=c1cc2c3c(c1C4)CCC[N+]=3CCC2(C)C. The van der Waals surface area contributed by atoms with Crippen LogP contribution >= 0.6 is 0 Å². The van der Waals surface area contributed by atoms with Gasteiger partial charge in [0.2, 0.25) is 5.36 Å². The summed E-state index contributed by atoms with van der Waals surface area (Å²) in [4.78, 5) is 2.73. The molecule has 0 radical (unpaired) electrons. The molecule has 194 valence electrons. The molecule has 4 heterocycles. The van der Waals surface area contributed by atoms with E-state index in [1.165, 1.54) is 86.6 Å². The van der Waals surface area contributed by atoms with Crippen molar-refractivity contribution in [2.24, 2.45) is 0 Å². The number of benzene rings is 3. The lowest BCUT2D eigenvalue weighted by molar-refractivity contribution is 0.373. The highest BCUT2D eigenvalue weighted by atomic mass is 15.1. The molecule has 2 nitrogen and oxygen atoms in total. The zero-order chi connectivity index (χ0) is 25.8. The summed E-state index contributed by atoms with van der Waals surface area (Å²) in [5.41, 5.74) is 16.3. The van der Waals surface area contributed by atoms with E-state index in [2.05, 4.69) is 79.6 Å². The molecule has 0 amide bonds. The van der Waals surface area contributed by atoms with Crippen LogP contribution in [0.4, 0.5) is 5.69 Å². The van der Waals surface area contributed by atoms with Crippen LogP contribution in [0.25, 0.3) is 5.57 Å². The topological polar surface area (TPSA) is 6.25 Å². The predicted molar refractivity (Wildman–Crippen MR) is 158 cm³/mol. The van der Waals surface area contributed by atoms with Crippen molar-refractivity contribution in [3.63, 3.8) is 0 Å². The van der Waals surface area contributed by atoms with Crippen LogP contribution in [0.1, 0.15) is 97.9 Å². The maximum atomic E-state index is 2.73. The first kappa shape index (κ1) is 23.1. The smallest absolute Gasteiger partial charge is 0.207 e. The summed E-state index contributed by atoms with van der Waals surface area (Å²) in [5.74, 6) is 0. The van der Waals surface area contributed by atoms with Crippen LogP contribution in [0.5, 0.6) is 0 Å². The van der Waals surface area contributed by atoms with E-state index >= 15 is 0 Å². The van der Waals surface area contributed by atoms with Gasteiger partial charge in [-0.15, -0.1) is 0 Å². The van der Waals surface area contributed by atoms with Crippen LogP contribution in [0.15, 0.2) is 42.5 Å². The Morgan fingerprint density at radius 1 is 0.737 bits per heavy atom. The van der Waals surface area contributed by atoms with Gasteiger partial charge < -0.3 is 4.90 Å². The van der Waals surface area contributed by atoms with Crippen LogP contribution in [0, 0.1) is 0 Å². The summed E-state index contributed by atoms with van der Waals surface area (Å²) < 4.78 is 2.73. The summed E-state index contributed by atoms with van der Waals surface area (Å²) in [5, 5.41) is 3.14. The van der Waals surface area contributed by atoms with E-state index in [1.807, 2.05) is 0 Å². The molecule has 5 aliphatic rings. The van der Waals surface area contributed by atoms with Gasteiger partial charge in [-0.05, 0) is 93.8 Å². The molecule has 0 aromatic heterocycles. The molecule has 2 heteroatoms. The van der Waals surface area contributed by atoms with E-state index in [0.717, 1.165) is 6.42 Å². The Kier molecular flexibility index (Phi) is 4.76. The minimum Gasteiger partial charge on any atom is -0.371 e. The highest BCUT2D eigenvalue weighted by Gasteiger charge is 2.40. The number of hydrogen-bond donors (Lipinski definition) is 0. The summed E-state index contributed by atoms with van der Waals surface area (Å²) in [6.45, 7) is 14.8. The monoisotopic (exact) mass is 501 g/mol. The third-order valence-electron chi connectivity index (χ3n) is 10.8. The van der Waals surface area contributed by atoms with Crippen molar-refractivity contribution in [1.82, 2.24) is 4.58 Å². The second-order valence-electron chi connectivity index (χ2n) is 13.9. The van der Waals surface area contributed by atoms with Crippen LogP contribution in [-0.4, -0.2) is 26.2 Å². The minimum absolute atomic E-state index is 0.222. The number of hydrogen-bond acceptors (Lipinski definition) is 1. The number of anilines is 1. The van der Waals surface area contributed by atoms with Crippen molar-refractivity contribution in [2.45, 2.75) is 83.5 Å². The Bertz CT molecular complexity index is 1640. The summed E-state index contributed by atoms with van der Waals surface area (Å²) in [6, 6.07) is 16.7. The molecular formula is C36H41N2+. The number of rotatable bonds is 1. The zero-order valence-corrected chi connectivity index (χ0v) is 23.7. The van der Waals surface area contributed by atoms with Gasteiger partial charge in [0.05, 0.1) is 0 Å². The lowest BCUT2D eigenvalue weighted by Crippen LogP contribution is -2.51. The van der Waals surface area contributed by atoms with Crippen LogP contribution < -0.4 is 20.1 Å². The molecule has 1 aliphatic carbocycles. The van der Waals surface area contributed by atoms with Crippen molar-refractivity contribution in [2.75, 3.05) is 31.1 Å². The first-order chi connectivity index (χ1) is 18.3. The van der Waals surface area contributed by atoms with Crippen molar-refractivity contribution in [3.05, 3.63) is 97.5 Å². The van der Waals surface area contributed by atoms with Crippen molar-refractivity contribution >= 4 is 11.3 Å². The van der Waals surface area contributed by atoms with Crippen LogP contribution in [0.2, 0.25) is 0 Å². The van der Waals surface area contributed by atoms with Crippen LogP contribution in [-0.2, 0) is 30.1 Å². The first-order valence-corrected chi connectivity index (χ1v) is 15.1. The predicted octanol–water partition coefficient (Wildman–Crippen LogP) is 5.39. The average molecular weight is 502 g/mol. The van der Waals surface area contributed by atoms with E-state index in [9.17, 15) is 0 Å². The van der Waals surface area contributed by atoms with E-state index in [1.54, 1.807) is 44.4 Å². The lowest BCUT2D eigenvalue weighted by atomic mass is 9.69. The van der Waals surface area contributed by atoms with Gasteiger partial charge >= 0.3 is 0 Å². The normalized spacial score (nSPS) is 21.8. The molecule has 3 aromatic carbocycles. The number of fused-ring (bicyclic) bond motifs is 4. The molecule has 3 aromatic rings. The lowest BCUT2D eigenvalue weighted by Gasteiger charge is -2.45. The minimum atomic E-state index is 0.222. The molecule has 0 spiro atoms. The van der Waals surface area contributed by atoms with Crippen molar-refractivity contribution in [1.29, 1.82) is 0 Å². The summed E-state index contributed by atoms with van der Waals surface area (Å²) in [7, 11) is 0. The third-order valence-corrected chi connectivity index (χ3v) is 10.8. The number of nitrogens with zero attached hydrogens (tertiary/aromatic N) is 2. The molecule has 0 saturated carbocycles. The van der Waals surface area contributed by atoms with E-state index in [-0.39, 0.29) is 10.8 Å². The summed E-state index contributed by atoms with van der Waals surface area (Å²) >= 11 is 0. The maximum Gasteiger partial charge on any atom is 0.207 e. The average Bonchev–Trinajstić information content (AvgIpc) is 2.92. The van der Waals surface area contributed by atoms with Crippen LogP contribution in [0.3, 0.4) is 0 Å². The van der Waals surface area contributed by atoms with Gasteiger partial charge in [-0.3, -0.25) is 0 Å². The fourth-order valence-corrected chi connectivity index (χ4v) is 8.58. The van der Waals surface area contributed by atoms with Gasteiger partial charge in [-0.1, -0.05) is 58.0 Å². The fraction of sp³-hybridized carbons (Fsp3) is 0.472. The Morgan fingerprint density at radius 2 is 1.53 bits per heavy atom. The van der Waals surface area contributed by atoms with E-state index in [0.29, 0.717) is 0 Å². The Labute approximate surface area is 227 Å². The fourth-order valence-electron chi connectivity index (χ4n) is 8.58. The maximum absolute atomic E-state index is 2.73. The molecule has 0 saturated heterocycles. The van der Waals surface area contributed by atoms with Crippen molar-refractivity contribution < 1.29 is 0 Å². The van der Waals surface area contributed by atoms with Gasteiger partial charge in [0.25, 0.3) is 0 Å². The van der Waals surface area contributed by atoms with E-state index in [4.69, 9.17) is 0 Å². The van der Waals surface area contributed by atoms with Gasteiger partial charge in [0.15, 0.2) is 0 Å². The second kappa shape index (κ2) is 7.84. The quantitative estimate of drug-likeness (QED) is 0.317. The Hall–Kier alpha value is -2.87. The zero-order valence-electron chi connectivity index (χ0n) is 23.7. The largest absolute Gasteiger partial charge is 0.371 e. The Balaban J connectivity index is 1.55. The summed E-state index contributed by atoms with van der Waals surface area (Å²) in [6.07, 6.45) is 8.64. The molecule has 8 rings (SSSR count). The molecule has 4 aliphatic heterocycles. The van der Waals surface area contributed by atoms with Gasteiger partial charge in [0, 0.05) is 48.2 Å².